The van der Waals surface area contributed by atoms with Gasteiger partial charge in [0.2, 0.25) is 0 Å². The number of hydrogen-bond acceptors (Lipinski definition) is 5. The van der Waals surface area contributed by atoms with Crippen molar-refractivity contribution in [2.75, 3.05) is 0 Å². The minimum atomic E-state index is -0.363. The number of halogens is 1. The highest BCUT2D eigenvalue weighted by Crippen LogP contribution is 2.23. The van der Waals surface area contributed by atoms with Crippen LogP contribution in [0, 0.1) is 5.82 Å². The quantitative estimate of drug-likeness (QED) is 0.906. The summed E-state index contributed by atoms with van der Waals surface area (Å²) in [5.74, 6) is -0.363. The van der Waals surface area contributed by atoms with E-state index in [9.17, 15) is 4.39 Å². The highest BCUT2D eigenvalue weighted by molar-refractivity contribution is 7.05. The fourth-order valence-electron chi connectivity index (χ4n) is 1.38. The third-order valence-corrected chi connectivity index (χ3v) is 2.93. The van der Waals surface area contributed by atoms with E-state index in [1.54, 1.807) is 6.20 Å². The van der Waals surface area contributed by atoms with Crippen LogP contribution in [-0.4, -0.2) is 20.6 Å². The first kappa shape index (κ1) is 12.1. The molecule has 0 aliphatic carbocycles. The monoisotopic (exact) mass is 252 g/mol. The Balaban J connectivity index is 2.24. The normalized spacial score (nSPS) is 11.1. The molecule has 2 rings (SSSR count). The second-order valence-electron chi connectivity index (χ2n) is 3.97. The molecule has 2 aromatic rings. The van der Waals surface area contributed by atoms with Crippen molar-refractivity contribution < 1.29 is 4.39 Å². The van der Waals surface area contributed by atoms with Crippen molar-refractivity contribution in [2.45, 2.75) is 26.4 Å². The van der Waals surface area contributed by atoms with Crippen LogP contribution in [0.25, 0.3) is 11.3 Å². The van der Waals surface area contributed by atoms with Gasteiger partial charge in [-0.3, -0.25) is 4.98 Å². The van der Waals surface area contributed by atoms with E-state index in [-0.39, 0.29) is 5.82 Å². The van der Waals surface area contributed by atoms with Gasteiger partial charge in [-0.2, -0.15) is 0 Å². The van der Waals surface area contributed by atoms with Crippen molar-refractivity contribution in [3.05, 3.63) is 29.2 Å². The molecule has 0 aliphatic heterocycles. The number of nitrogens with zero attached hydrogens (tertiary/aromatic N) is 3. The zero-order chi connectivity index (χ0) is 12.3. The Morgan fingerprint density at radius 3 is 2.94 bits per heavy atom. The Bertz CT molecular complexity index is 498. The van der Waals surface area contributed by atoms with Crippen LogP contribution in [0.15, 0.2) is 18.5 Å². The van der Waals surface area contributed by atoms with Gasteiger partial charge in [-0.15, -0.1) is 5.10 Å². The maximum atomic E-state index is 13.1. The molecule has 0 atom stereocenters. The van der Waals surface area contributed by atoms with Crippen molar-refractivity contribution in [2.24, 2.45) is 0 Å². The lowest BCUT2D eigenvalue weighted by Gasteiger charge is -2.06. The van der Waals surface area contributed by atoms with Gasteiger partial charge in [-0.1, -0.05) is 18.3 Å². The van der Waals surface area contributed by atoms with Gasteiger partial charge in [0.05, 0.1) is 11.1 Å². The van der Waals surface area contributed by atoms with E-state index < -0.39 is 0 Å². The molecular weight excluding hydrogens is 239 g/mol. The Morgan fingerprint density at radius 1 is 1.41 bits per heavy atom. The van der Waals surface area contributed by atoms with Crippen LogP contribution in [0.5, 0.6) is 0 Å². The van der Waals surface area contributed by atoms with Gasteiger partial charge in [0.1, 0.15) is 11.5 Å². The van der Waals surface area contributed by atoms with E-state index >= 15 is 0 Å². The SMILES string of the molecule is CC(C)NCc1snnc1-c1cncc(F)c1. The number of hydrogen-bond donors (Lipinski definition) is 1. The van der Waals surface area contributed by atoms with E-state index in [1.165, 1.54) is 23.8 Å². The summed E-state index contributed by atoms with van der Waals surface area (Å²) in [6.45, 7) is 4.82. The zero-order valence-electron chi connectivity index (χ0n) is 9.64. The molecule has 17 heavy (non-hydrogen) atoms. The minimum Gasteiger partial charge on any atom is -0.310 e. The lowest BCUT2D eigenvalue weighted by Crippen LogP contribution is -2.21. The minimum absolute atomic E-state index is 0.363. The maximum absolute atomic E-state index is 13.1. The molecule has 0 fully saturated rings. The predicted molar refractivity (Wildman–Crippen MR) is 65.1 cm³/mol. The summed E-state index contributed by atoms with van der Waals surface area (Å²) in [6, 6.07) is 1.80. The van der Waals surface area contributed by atoms with E-state index in [1.807, 2.05) is 0 Å². The van der Waals surface area contributed by atoms with Crippen molar-refractivity contribution in [1.82, 2.24) is 19.9 Å². The second kappa shape index (κ2) is 5.29. The highest BCUT2D eigenvalue weighted by Gasteiger charge is 2.11. The average molecular weight is 252 g/mol. The molecule has 2 aromatic heterocycles. The summed E-state index contributed by atoms with van der Waals surface area (Å²) in [4.78, 5) is 4.81. The molecule has 4 nitrogen and oxygen atoms in total. The molecule has 2 heterocycles. The first-order valence-corrected chi connectivity index (χ1v) is 6.09. The molecule has 0 radical (unpaired) electrons. The first-order valence-electron chi connectivity index (χ1n) is 5.32. The molecule has 0 aromatic carbocycles. The van der Waals surface area contributed by atoms with E-state index in [4.69, 9.17) is 0 Å². The Labute approximate surface area is 103 Å². The molecule has 1 N–H and O–H groups in total. The fraction of sp³-hybridized carbons (Fsp3) is 0.364. The van der Waals surface area contributed by atoms with Crippen molar-refractivity contribution in [3.8, 4) is 11.3 Å². The van der Waals surface area contributed by atoms with E-state index in [0.29, 0.717) is 23.8 Å². The number of pyridine rings is 1. The largest absolute Gasteiger partial charge is 0.310 e. The van der Waals surface area contributed by atoms with Crippen LogP contribution in [0.1, 0.15) is 18.7 Å². The summed E-state index contributed by atoms with van der Waals surface area (Å²) in [5, 5.41) is 7.32. The molecule has 0 unspecified atom stereocenters. The highest BCUT2D eigenvalue weighted by atomic mass is 32.1. The van der Waals surface area contributed by atoms with E-state index in [0.717, 1.165) is 4.88 Å². The van der Waals surface area contributed by atoms with Gasteiger partial charge < -0.3 is 5.32 Å². The maximum Gasteiger partial charge on any atom is 0.142 e. The van der Waals surface area contributed by atoms with Gasteiger partial charge >= 0.3 is 0 Å². The van der Waals surface area contributed by atoms with Gasteiger partial charge in [0.15, 0.2) is 0 Å². The lowest BCUT2D eigenvalue weighted by molar-refractivity contribution is 0.593. The van der Waals surface area contributed by atoms with Gasteiger partial charge in [0.25, 0.3) is 0 Å². The average Bonchev–Trinajstić information content (AvgIpc) is 2.74. The third kappa shape index (κ3) is 3.04. The Hall–Kier alpha value is -1.40. The molecule has 0 spiro atoms. The lowest BCUT2D eigenvalue weighted by atomic mass is 10.2. The fourth-order valence-corrected chi connectivity index (χ4v) is 2.00. The number of aromatic nitrogens is 3. The summed E-state index contributed by atoms with van der Waals surface area (Å²) in [5.41, 5.74) is 1.37. The van der Waals surface area contributed by atoms with Crippen LogP contribution in [-0.2, 0) is 6.54 Å². The summed E-state index contributed by atoms with van der Waals surface area (Å²) in [7, 11) is 0. The van der Waals surface area contributed by atoms with Crippen LogP contribution in [0.3, 0.4) is 0 Å². The van der Waals surface area contributed by atoms with Gasteiger partial charge in [-0.25, -0.2) is 4.39 Å². The number of nitrogens with one attached hydrogen (secondary N) is 1. The standard InChI is InChI=1S/C11H13FN4S/c1-7(2)14-6-10-11(15-16-17-10)8-3-9(12)5-13-4-8/h3-5,7,14H,6H2,1-2H3. The van der Waals surface area contributed by atoms with Crippen LogP contribution in [0.4, 0.5) is 4.39 Å². The molecule has 0 bridgehead atoms. The molecule has 90 valence electrons. The van der Waals surface area contributed by atoms with Crippen molar-refractivity contribution >= 4 is 11.5 Å². The van der Waals surface area contributed by atoms with Gasteiger partial charge in [-0.05, 0) is 17.6 Å². The Kier molecular flexibility index (Phi) is 3.75. The molecule has 6 heteroatoms. The first-order chi connectivity index (χ1) is 8.16. The van der Waals surface area contributed by atoms with Crippen molar-refractivity contribution in [3.63, 3.8) is 0 Å². The van der Waals surface area contributed by atoms with Crippen molar-refractivity contribution in [1.29, 1.82) is 0 Å². The topological polar surface area (TPSA) is 50.7 Å². The zero-order valence-corrected chi connectivity index (χ0v) is 10.5. The van der Waals surface area contributed by atoms with Crippen LogP contribution in [0.2, 0.25) is 0 Å². The molecule has 0 aliphatic rings. The Morgan fingerprint density at radius 2 is 2.24 bits per heavy atom. The second-order valence-corrected chi connectivity index (χ2v) is 4.81. The molecule has 0 saturated carbocycles. The molecule has 0 amide bonds. The molecule has 0 saturated heterocycles. The van der Waals surface area contributed by atoms with E-state index in [2.05, 4.69) is 33.7 Å². The summed E-state index contributed by atoms with van der Waals surface area (Å²) in [6.07, 6.45) is 2.77. The smallest absolute Gasteiger partial charge is 0.142 e. The van der Waals surface area contributed by atoms with Gasteiger partial charge in [0, 0.05) is 24.3 Å². The molecular formula is C11H13FN4S. The summed E-state index contributed by atoms with van der Waals surface area (Å²) < 4.78 is 17.0. The van der Waals surface area contributed by atoms with Crippen LogP contribution < -0.4 is 5.32 Å². The van der Waals surface area contributed by atoms with Crippen LogP contribution >= 0.6 is 11.5 Å². The predicted octanol–water partition coefficient (Wildman–Crippen LogP) is 2.24. The summed E-state index contributed by atoms with van der Waals surface area (Å²) >= 11 is 1.32. The third-order valence-electron chi connectivity index (χ3n) is 2.21. The number of rotatable bonds is 4.